The predicted molar refractivity (Wildman–Crippen MR) is 98.6 cm³/mol. The molecule has 0 bridgehead atoms. The van der Waals surface area contributed by atoms with Gasteiger partial charge in [-0.15, -0.1) is 0 Å². The standard InChI is InChI=1S/C17H29N5O6/c1-9(2)6-11(16(26)22-5-3-4-12(22)17(27)28)21-14(24)8-20-15(25)10(18)7-13(19)23/h9-12H,3-8,18H2,1-2H3,(H2,19,23)(H,20,25)(H,21,24)(H,27,28). The van der Waals surface area contributed by atoms with Gasteiger partial charge in [-0.25, -0.2) is 4.79 Å². The van der Waals surface area contributed by atoms with E-state index in [4.69, 9.17) is 11.5 Å². The molecule has 4 amide bonds. The van der Waals surface area contributed by atoms with Crippen molar-refractivity contribution in [3.8, 4) is 0 Å². The fraction of sp³-hybridized carbons (Fsp3) is 0.706. The number of nitrogens with two attached hydrogens (primary N) is 2. The molecule has 3 unspecified atom stereocenters. The fourth-order valence-corrected chi connectivity index (χ4v) is 3.03. The average Bonchev–Trinajstić information content (AvgIpc) is 3.07. The summed E-state index contributed by atoms with van der Waals surface area (Å²) in [6, 6.07) is -2.96. The number of primary amides is 1. The average molecular weight is 399 g/mol. The molecule has 1 heterocycles. The molecule has 0 aromatic heterocycles. The highest BCUT2D eigenvalue weighted by molar-refractivity contribution is 5.93. The number of carbonyl (C=O) groups excluding carboxylic acids is 4. The van der Waals surface area contributed by atoms with Gasteiger partial charge in [-0.05, 0) is 25.2 Å². The van der Waals surface area contributed by atoms with Crippen molar-refractivity contribution in [2.24, 2.45) is 17.4 Å². The maximum absolute atomic E-state index is 12.8. The molecule has 0 aliphatic carbocycles. The van der Waals surface area contributed by atoms with Gasteiger partial charge in [0.25, 0.3) is 0 Å². The highest BCUT2D eigenvalue weighted by Gasteiger charge is 2.37. The summed E-state index contributed by atoms with van der Waals surface area (Å²) >= 11 is 0. The van der Waals surface area contributed by atoms with Gasteiger partial charge < -0.3 is 32.1 Å². The Balaban J connectivity index is 2.68. The van der Waals surface area contributed by atoms with Crippen molar-refractivity contribution in [2.45, 2.75) is 57.7 Å². The van der Waals surface area contributed by atoms with Gasteiger partial charge in [0.2, 0.25) is 23.6 Å². The lowest BCUT2D eigenvalue weighted by molar-refractivity contribution is -0.149. The number of hydrogen-bond acceptors (Lipinski definition) is 6. The lowest BCUT2D eigenvalue weighted by atomic mass is 10.0. The van der Waals surface area contributed by atoms with Gasteiger partial charge in [0.05, 0.1) is 19.0 Å². The Morgan fingerprint density at radius 3 is 2.39 bits per heavy atom. The number of likely N-dealkylation sites (tertiary alicyclic amines) is 1. The molecule has 0 saturated carbocycles. The monoisotopic (exact) mass is 399 g/mol. The van der Waals surface area contributed by atoms with Gasteiger partial charge in [0.15, 0.2) is 0 Å². The lowest BCUT2D eigenvalue weighted by Gasteiger charge is -2.28. The Kier molecular flexibility index (Phi) is 8.83. The molecule has 1 fully saturated rings. The molecule has 0 spiro atoms. The molecule has 0 aromatic rings. The van der Waals surface area contributed by atoms with E-state index in [1.54, 1.807) is 0 Å². The van der Waals surface area contributed by atoms with Crippen LogP contribution in [0.5, 0.6) is 0 Å². The minimum Gasteiger partial charge on any atom is -0.480 e. The van der Waals surface area contributed by atoms with E-state index >= 15 is 0 Å². The van der Waals surface area contributed by atoms with E-state index in [1.165, 1.54) is 4.90 Å². The third-order valence-corrected chi connectivity index (χ3v) is 4.34. The molecule has 3 atom stereocenters. The molecule has 7 N–H and O–H groups in total. The summed E-state index contributed by atoms with van der Waals surface area (Å²) in [4.78, 5) is 60.1. The number of hydrogen-bond donors (Lipinski definition) is 5. The van der Waals surface area contributed by atoms with Crippen molar-refractivity contribution in [1.29, 1.82) is 0 Å². The Labute approximate surface area is 163 Å². The predicted octanol–water partition coefficient (Wildman–Crippen LogP) is -2.09. The molecular formula is C17H29N5O6. The van der Waals surface area contributed by atoms with Crippen LogP contribution in [0.25, 0.3) is 0 Å². The largest absolute Gasteiger partial charge is 0.480 e. The number of carboxylic acid groups (broad SMARTS) is 1. The van der Waals surface area contributed by atoms with Crippen LogP contribution in [0.4, 0.5) is 0 Å². The summed E-state index contributed by atoms with van der Waals surface area (Å²) < 4.78 is 0. The van der Waals surface area contributed by atoms with Gasteiger partial charge in [-0.3, -0.25) is 19.2 Å². The van der Waals surface area contributed by atoms with Crippen LogP contribution in [-0.4, -0.2) is 70.8 Å². The van der Waals surface area contributed by atoms with Crippen LogP contribution in [0.2, 0.25) is 0 Å². The summed E-state index contributed by atoms with van der Waals surface area (Å²) in [6.45, 7) is 3.62. The van der Waals surface area contributed by atoms with E-state index in [0.29, 0.717) is 25.8 Å². The quantitative estimate of drug-likeness (QED) is 0.279. The summed E-state index contributed by atoms with van der Waals surface area (Å²) in [6.07, 6.45) is 0.923. The van der Waals surface area contributed by atoms with E-state index in [-0.39, 0.29) is 12.3 Å². The molecule has 1 rings (SSSR count). The summed E-state index contributed by atoms with van der Waals surface area (Å²) in [5, 5.41) is 14.1. The first kappa shape index (κ1) is 23.3. The molecule has 1 aliphatic heterocycles. The maximum Gasteiger partial charge on any atom is 0.326 e. The van der Waals surface area contributed by atoms with Crippen molar-refractivity contribution in [3.05, 3.63) is 0 Å². The zero-order chi connectivity index (χ0) is 21.4. The van der Waals surface area contributed by atoms with E-state index in [0.717, 1.165) is 0 Å². The zero-order valence-electron chi connectivity index (χ0n) is 16.1. The smallest absolute Gasteiger partial charge is 0.326 e. The summed E-state index contributed by atoms with van der Waals surface area (Å²) in [7, 11) is 0. The zero-order valence-corrected chi connectivity index (χ0v) is 16.1. The van der Waals surface area contributed by atoms with Crippen LogP contribution in [0.3, 0.4) is 0 Å². The molecule has 0 radical (unpaired) electrons. The SMILES string of the molecule is CC(C)CC(NC(=O)CNC(=O)C(N)CC(N)=O)C(=O)N1CCCC1C(=O)O. The minimum atomic E-state index is -1.17. The van der Waals surface area contributed by atoms with Crippen LogP contribution in [0.1, 0.15) is 39.5 Å². The number of nitrogens with zero attached hydrogens (tertiary/aromatic N) is 1. The third kappa shape index (κ3) is 7.14. The second-order valence-electron chi connectivity index (χ2n) is 7.27. The van der Waals surface area contributed by atoms with Crippen molar-refractivity contribution < 1.29 is 29.1 Å². The second-order valence-corrected chi connectivity index (χ2v) is 7.27. The number of rotatable bonds is 10. The van der Waals surface area contributed by atoms with Crippen molar-refractivity contribution in [3.63, 3.8) is 0 Å². The fourth-order valence-electron chi connectivity index (χ4n) is 3.03. The highest BCUT2D eigenvalue weighted by atomic mass is 16.4. The van der Waals surface area contributed by atoms with Crippen LogP contribution in [0.15, 0.2) is 0 Å². The Bertz CT molecular complexity index is 623. The number of aliphatic carboxylic acids is 1. The number of carbonyl (C=O) groups is 5. The van der Waals surface area contributed by atoms with Gasteiger partial charge in [0.1, 0.15) is 12.1 Å². The molecular weight excluding hydrogens is 370 g/mol. The number of nitrogens with one attached hydrogen (secondary N) is 2. The molecule has 11 nitrogen and oxygen atoms in total. The maximum atomic E-state index is 12.8. The van der Waals surface area contributed by atoms with Gasteiger partial charge in [-0.1, -0.05) is 13.8 Å². The Morgan fingerprint density at radius 1 is 1.21 bits per heavy atom. The number of carboxylic acids is 1. The van der Waals surface area contributed by atoms with Gasteiger partial charge >= 0.3 is 5.97 Å². The van der Waals surface area contributed by atoms with Crippen LogP contribution in [-0.2, 0) is 24.0 Å². The molecule has 28 heavy (non-hydrogen) atoms. The highest BCUT2D eigenvalue weighted by Crippen LogP contribution is 2.20. The van der Waals surface area contributed by atoms with E-state index < -0.39 is 54.3 Å². The first-order chi connectivity index (χ1) is 13.0. The molecule has 1 aliphatic rings. The summed E-state index contributed by atoms with van der Waals surface area (Å²) in [5.74, 6) is -3.54. The molecule has 11 heteroatoms. The Hall–Kier alpha value is -2.69. The first-order valence-electron chi connectivity index (χ1n) is 9.17. The van der Waals surface area contributed by atoms with E-state index in [2.05, 4.69) is 10.6 Å². The number of amides is 4. The van der Waals surface area contributed by atoms with Crippen LogP contribution >= 0.6 is 0 Å². The molecule has 158 valence electrons. The second kappa shape index (κ2) is 10.6. The van der Waals surface area contributed by atoms with Gasteiger partial charge in [0, 0.05) is 6.54 Å². The van der Waals surface area contributed by atoms with E-state index in [1.807, 2.05) is 13.8 Å². The molecule has 1 saturated heterocycles. The van der Waals surface area contributed by atoms with Crippen LogP contribution < -0.4 is 22.1 Å². The minimum absolute atomic E-state index is 0.0683. The lowest BCUT2D eigenvalue weighted by Crippen LogP contribution is -2.54. The normalized spacial score (nSPS) is 18.4. The molecule has 0 aromatic carbocycles. The van der Waals surface area contributed by atoms with E-state index in [9.17, 15) is 29.1 Å². The van der Waals surface area contributed by atoms with Gasteiger partial charge in [-0.2, -0.15) is 0 Å². The summed E-state index contributed by atoms with van der Waals surface area (Å²) in [5.41, 5.74) is 10.4. The Morgan fingerprint density at radius 2 is 1.86 bits per heavy atom. The van der Waals surface area contributed by atoms with Crippen molar-refractivity contribution >= 4 is 29.6 Å². The van der Waals surface area contributed by atoms with Crippen LogP contribution in [0, 0.1) is 5.92 Å². The first-order valence-corrected chi connectivity index (χ1v) is 9.17. The van der Waals surface area contributed by atoms with Crippen molar-refractivity contribution in [2.75, 3.05) is 13.1 Å². The topological polar surface area (TPSA) is 185 Å². The van der Waals surface area contributed by atoms with Crippen molar-refractivity contribution in [1.82, 2.24) is 15.5 Å². The third-order valence-electron chi connectivity index (χ3n) is 4.34.